The molecular weight excluding hydrogens is 120 g/mol. The van der Waals surface area contributed by atoms with Crippen LogP contribution in [0, 0.1) is 11.8 Å². The molecule has 0 saturated heterocycles. The summed E-state index contributed by atoms with van der Waals surface area (Å²) in [7, 11) is 1.34. The van der Waals surface area contributed by atoms with Crippen molar-refractivity contribution in [1.29, 1.82) is 0 Å². The van der Waals surface area contributed by atoms with Crippen LogP contribution in [0.3, 0.4) is 0 Å². The summed E-state index contributed by atoms with van der Waals surface area (Å²) in [4.78, 5) is 20.6. The maximum Gasteiger partial charge on any atom is 0.309 e. The number of carbonyl (C=O) groups excluding carboxylic acids is 2. The van der Waals surface area contributed by atoms with Gasteiger partial charge < -0.3 is 9.53 Å². The summed E-state index contributed by atoms with van der Waals surface area (Å²) in [5.74, 6) is -0.447. The highest BCUT2D eigenvalue weighted by Crippen LogP contribution is 2.37. The standard InChI is InChI=1S/C6H8O3/c1-9-6(8)5-2-4(5)3-7/h3-5H,2H2,1H3/t4-,5?/m0/s1. The summed E-state index contributed by atoms with van der Waals surface area (Å²) in [5, 5.41) is 0. The molecule has 0 radical (unpaired) electrons. The van der Waals surface area contributed by atoms with Crippen LogP contribution in [-0.2, 0) is 14.3 Å². The molecule has 0 aromatic carbocycles. The van der Waals surface area contributed by atoms with Crippen molar-refractivity contribution < 1.29 is 14.3 Å². The van der Waals surface area contributed by atoms with Gasteiger partial charge in [0, 0.05) is 5.92 Å². The van der Waals surface area contributed by atoms with Crippen LogP contribution in [0.15, 0.2) is 0 Å². The van der Waals surface area contributed by atoms with E-state index in [1.54, 1.807) is 0 Å². The maximum absolute atomic E-state index is 10.6. The maximum atomic E-state index is 10.6. The fourth-order valence-electron chi connectivity index (χ4n) is 0.787. The molecule has 1 aliphatic carbocycles. The Hall–Kier alpha value is -0.860. The molecule has 0 aromatic rings. The van der Waals surface area contributed by atoms with Gasteiger partial charge in [-0.1, -0.05) is 0 Å². The minimum atomic E-state index is -0.257. The molecule has 0 amide bonds. The van der Waals surface area contributed by atoms with E-state index in [4.69, 9.17) is 0 Å². The van der Waals surface area contributed by atoms with Crippen LogP contribution in [0.5, 0.6) is 0 Å². The van der Waals surface area contributed by atoms with Gasteiger partial charge in [0.1, 0.15) is 6.29 Å². The van der Waals surface area contributed by atoms with E-state index >= 15 is 0 Å². The molecule has 50 valence electrons. The molecule has 1 rings (SSSR count). The molecule has 0 spiro atoms. The Labute approximate surface area is 53.0 Å². The molecule has 0 aromatic heterocycles. The molecule has 1 fully saturated rings. The van der Waals surface area contributed by atoms with Gasteiger partial charge in [-0.25, -0.2) is 0 Å². The second-order valence-corrected chi connectivity index (χ2v) is 2.17. The van der Waals surface area contributed by atoms with E-state index in [1.807, 2.05) is 0 Å². The van der Waals surface area contributed by atoms with E-state index in [9.17, 15) is 9.59 Å². The quantitative estimate of drug-likeness (QED) is 0.388. The first-order valence-electron chi connectivity index (χ1n) is 2.82. The number of rotatable bonds is 2. The van der Waals surface area contributed by atoms with E-state index in [2.05, 4.69) is 4.74 Å². The molecular formula is C6H8O3. The lowest BCUT2D eigenvalue weighted by atomic mass is 10.3. The van der Waals surface area contributed by atoms with E-state index in [1.165, 1.54) is 7.11 Å². The van der Waals surface area contributed by atoms with E-state index < -0.39 is 0 Å². The van der Waals surface area contributed by atoms with Crippen LogP contribution < -0.4 is 0 Å². The second-order valence-electron chi connectivity index (χ2n) is 2.17. The van der Waals surface area contributed by atoms with Gasteiger partial charge in [0.2, 0.25) is 0 Å². The molecule has 3 nitrogen and oxygen atoms in total. The Kier molecular flexibility index (Phi) is 1.51. The number of hydrogen-bond donors (Lipinski definition) is 0. The molecule has 3 heteroatoms. The lowest BCUT2D eigenvalue weighted by Crippen LogP contribution is -2.04. The number of methoxy groups -OCH3 is 1. The third kappa shape index (κ3) is 1.09. The molecule has 1 unspecified atom stereocenters. The van der Waals surface area contributed by atoms with Crippen molar-refractivity contribution >= 4 is 12.3 Å². The molecule has 2 atom stereocenters. The highest BCUT2D eigenvalue weighted by Gasteiger charge is 2.43. The minimum Gasteiger partial charge on any atom is -0.469 e. The van der Waals surface area contributed by atoms with Crippen LogP contribution in [0.25, 0.3) is 0 Å². The van der Waals surface area contributed by atoms with E-state index in [-0.39, 0.29) is 17.8 Å². The smallest absolute Gasteiger partial charge is 0.309 e. The van der Waals surface area contributed by atoms with Crippen molar-refractivity contribution in [3.63, 3.8) is 0 Å². The van der Waals surface area contributed by atoms with Crippen molar-refractivity contribution in [3.05, 3.63) is 0 Å². The molecule has 0 N–H and O–H groups in total. The summed E-state index contributed by atoms with van der Waals surface area (Å²) in [6, 6.07) is 0. The topological polar surface area (TPSA) is 43.4 Å². The Morgan fingerprint density at radius 1 is 1.78 bits per heavy atom. The summed E-state index contributed by atoms with van der Waals surface area (Å²) >= 11 is 0. The predicted molar refractivity (Wildman–Crippen MR) is 29.7 cm³/mol. The highest BCUT2D eigenvalue weighted by atomic mass is 16.5. The Morgan fingerprint density at radius 2 is 2.44 bits per heavy atom. The Bertz CT molecular complexity index is 141. The molecule has 0 heterocycles. The largest absolute Gasteiger partial charge is 0.469 e. The third-order valence-corrected chi connectivity index (χ3v) is 1.52. The summed E-state index contributed by atoms with van der Waals surface area (Å²) < 4.78 is 4.41. The number of aldehydes is 1. The predicted octanol–water partition coefficient (Wildman–Crippen LogP) is -0.00560. The van der Waals surface area contributed by atoms with Gasteiger partial charge >= 0.3 is 5.97 Å². The van der Waals surface area contributed by atoms with Gasteiger partial charge in [-0.3, -0.25) is 4.79 Å². The highest BCUT2D eigenvalue weighted by molar-refractivity contribution is 5.81. The minimum absolute atomic E-state index is 0.0579. The first-order chi connectivity index (χ1) is 4.29. The Morgan fingerprint density at radius 3 is 2.78 bits per heavy atom. The van der Waals surface area contributed by atoms with Crippen LogP contribution in [0.4, 0.5) is 0 Å². The lowest BCUT2D eigenvalue weighted by Gasteiger charge is -1.91. The van der Waals surface area contributed by atoms with E-state index in [0.29, 0.717) is 6.42 Å². The fourth-order valence-corrected chi connectivity index (χ4v) is 0.787. The van der Waals surface area contributed by atoms with Crippen molar-refractivity contribution in [2.24, 2.45) is 11.8 Å². The van der Waals surface area contributed by atoms with Gasteiger partial charge in [0.05, 0.1) is 13.0 Å². The van der Waals surface area contributed by atoms with Crippen molar-refractivity contribution in [2.75, 3.05) is 7.11 Å². The molecule has 0 bridgehead atoms. The fraction of sp³-hybridized carbons (Fsp3) is 0.667. The first kappa shape index (κ1) is 6.26. The van der Waals surface area contributed by atoms with Crippen LogP contribution in [-0.4, -0.2) is 19.4 Å². The summed E-state index contributed by atoms with van der Waals surface area (Å²) in [5.41, 5.74) is 0. The zero-order valence-corrected chi connectivity index (χ0v) is 5.16. The molecule has 1 aliphatic rings. The van der Waals surface area contributed by atoms with Crippen molar-refractivity contribution in [2.45, 2.75) is 6.42 Å². The van der Waals surface area contributed by atoms with Gasteiger partial charge in [-0.15, -0.1) is 0 Å². The van der Waals surface area contributed by atoms with Crippen LogP contribution in [0.1, 0.15) is 6.42 Å². The van der Waals surface area contributed by atoms with Gasteiger partial charge in [0.25, 0.3) is 0 Å². The Balaban J connectivity index is 2.33. The van der Waals surface area contributed by atoms with Gasteiger partial charge in [-0.2, -0.15) is 0 Å². The SMILES string of the molecule is COC(=O)C1C[C@H]1C=O. The van der Waals surface area contributed by atoms with Gasteiger partial charge in [0.15, 0.2) is 0 Å². The summed E-state index contributed by atoms with van der Waals surface area (Å²) in [6.07, 6.45) is 1.48. The number of ether oxygens (including phenoxy) is 1. The molecule has 0 aliphatic heterocycles. The number of hydrogen-bond acceptors (Lipinski definition) is 3. The number of esters is 1. The van der Waals surface area contributed by atoms with Crippen LogP contribution in [0.2, 0.25) is 0 Å². The second kappa shape index (κ2) is 2.17. The average Bonchev–Trinajstić information content (AvgIpc) is 2.64. The monoisotopic (exact) mass is 128 g/mol. The third-order valence-electron chi connectivity index (χ3n) is 1.52. The number of carbonyl (C=O) groups is 2. The zero-order valence-electron chi connectivity index (χ0n) is 5.16. The molecule has 9 heavy (non-hydrogen) atoms. The van der Waals surface area contributed by atoms with Crippen molar-refractivity contribution in [3.8, 4) is 0 Å². The lowest BCUT2D eigenvalue weighted by molar-refractivity contribution is -0.142. The van der Waals surface area contributed by atoms with Crippen molar-refractivity contribution in [1.82, 2.24) is 0 Å². The molecule has 1 saturated carbocycles. The first-order valence-corrected chi connectivity index (χ1v) is 2.82. The van der Waals surface area contributed by atoms with Crippen LogP contribution >= 0.6 is 0 Å². The zero-order chi connectivity index (χ0) is 6.85. The summed E-state index contributed by atoms with van der Waals surface area (Å²) in [6.45, 7) is 0. The van der Waals surface area contributed by atoms with Gasteiger partial charge in [-0.05, 0) is 6.42 Å². The normalized spacial score (nSPS) is 31.2. The average molecular weight is 128 g/mol. The van der Waals surface area contributed by atoms with E-state index in [0.717, 1.165) is 6.29 Å².